The summed E-state index contributed by atoms with van der Waals surface area (Å²) in [6, 6.07) is 27.6. The average molecular weight is 443 g/mol. The SMILES string of the molecule is O=C1c2ccccc2C(=O)N1C(O)CCC[N+]1(c2ccccc2)CCN(c2ccccc2)C1. The Morgan fingerprint density at radius 3 is 2.03 bits per heavy atom. The number of carbonyl (C=O) groups excluding carboxylic acids is 2. The summed E-state index contributed by atoms with van der Waals surface area (Å²) in [6.45, 7) is 3.56. The van der Waals surface area contributed by atoms with E-state index in [0.717, 1.165) is 35.7 Å². The molecular weight excluding hydrogens is 414 g/mol. The number of hydrogen-bond donors (Lipinski definition) is 1. The van der Waals surface area contributed by atoms with Gasteiger partial charge in [0.1, 0.15) is 18.5 Å². The van der Waals surface area contributed by atoms with E-state index < -0.39 is 18.0 Å². The normalized spacial score (nSPS) is 20.9. The van der Waals surface area contributed by atoms with Crippen molar-refractivity contribution in [3.63, 3.8) is 0 Å². The minimum atomic E-state index is -1.12. The van der Waals surface area contributed by atoms with E-state index in [0.29, 0.717) is 24.0 Å². The van der Waals surface area contributed by atoms with Crippen molar-refractivity contribution in [1.29, 1.82) is 0 Å². The number of aliphatic hydroxyl groups is 1. The summed E-state index contributed by atoms with van der Waals surface area (Å²) in [7, 11) is 0. The molecule has 2 heterocycles. The van der Waals surface area contributed by atoms with Crippen LogP contribution in [0, 0.1) is 0 Å². The summed E-state index contributed by atoms with van der Waals surface area (Å²) in [5.41, 5.74) is 3.19. The van der Waals surface area contributed by atoms with Crippen LogP contribution >= 0.6 is 0 Å². The first-order valence-electron chi connectivity index (χ1n) is 11.5. The number of fused-ring (bicyclic) bond motifs is 1. The number of quaternary nitrogens is 1. The van der Waals surface area contributed by atoms with Crippen molar-refractivity contribution >= 4 is 23.2 Å². The summed E-state index contributed by atoms with van der Waals surface area (Å²) in [5.74, 6) is -0.821. The van der Waals surface area contributed by atoms with Crippen LogP contribution in [0.15, 0.2) is 84.9 Å². The van der Waals surface area contributed by atoms with E-state index in [1.165, 1.54) is 11.4 Å². The average Bonchev–Trinajstić information content (AvgIpc) is 3.41. The third-order valence-corrected chi connectivity index (χ3v) is 6.84. The Balaban J connectivity index is 1.29. The summed E-state index contributed by atoms with van der Waals surface area (Å²) in [5, 5.41) is 10.8. The maximum atomic E-state index is 12.7. The second-order valence-corrected chi connectivity index (χ2v) is 8.82. The topological polar surface area (TPSA) is 60.9 Å². The Morgan fingerprint density at radius 1 is 0.818 bits per heavy atom. The molecule has 33 heavy (non-hydrogen) atoms. The van der Waals surface area contributed by atoms with Gasteiger partial charge in [0.2, 0.25) is 0 Å². The molecule has 2 aliphatic rings. The van der Waals surface area contributed by atoms with E-state index >= 15 is 0 Å². The first-order chi connectivity index (χ1) is 16.1. The number of nitrogens with zero attached hydrogens (tertiary/aromatic N) is 3. The van der Waals surface area contributed by atoms with Crippen molar-refractivity contribution in [2.45, 2.75) is 19.1 Å². The van der Waals surface area contributed by atoms with Gasteiger partial charge in [0.15, 0.2) is 6.67 Å². The number of rotatable bonds is 7. The van der Waals surface area contributed by atoms with Gasteiger partial charge in [-0.2, -0.15) is 0 Å². The number of carbonyl (C=O) groups is 2. The lowest BCUT2D eigenvalue weighted by molar-refractivity contribution is 0.00916. The fraction of sp³-hybridized carbons (Fsp3) is 0.259. The molecule has 2 aliphatic heterocycles. The first-order valence-corrected chi connectivity index (χ1v) is 11.5. The van der Waals surface area contributed by atoms with E-state index in [2.05, 4.69) is 53.4 Å². The van der Waals surface area contributed by atoms with E-state index in [4.69, 9.17) is 0 Å². The molecule has 5 rings (SSSR count). The lowest BCUT2D eigenvalue weighted by atomic mass is 10.1. The van der Waals surface area contributed by atoms with Gasteiger partial charge in [-0.1, -0.05) is 48.5 Å². The largest absolute Gasteiger partial charge is 0.373 e. The third-order valence-electron chi connectivity index (χ3n) is 6.84. The summed E-state index contributed by atoms with van der Waals surface area (Å²) < 4.78 is 0.782. The number of aliphatic hydroxyl groups excluding tert-OH is 1. The predicted octanol–water partition coefficient (Wildman–Crippen LogP) is 3.87. The van der Waals surface area contributed by atoms with E-state index in [1.807, 2.05) is 12.1 Å². The zero-order valence-electron chi connectivity index (χ0n) is 18.5. The Hall–Kier alpha value is -3.48. The van der Waals surface area contributed by atoms with Crippen LogP contribution in [-0.2, 0) is 0 Å². The summed E-state index contributed by atoms with van der Waals surface area (Å²) >= 11 is 0. The molecule has 0 aliphatic carbocycles. The Labute approximate surface area is 193 Å². The van der Waals surface area contributed by atoms with Crippen molar-refractivity contribution in [3.8, 4) is 0 Å². The number of anilines is 1. The highest BCUT2D eigenvalue weighted by Crippen LogP contribution is 2.32. The Morgan fingerprint density at radius 2 is 1.39 bits per heavy atom. The van der Waals surface area contributed by atoms with Crippen LogP contribution in [0.1, 0.15) is 33.6 Å². The first kappa shape index (κ1) is 21.4. The van der Waals surface area contributed by atoms with Gasteiger partial charge in [-0.05, 0) is 42.8 Å². The molecule has 2 amide bonds. The molecule has 2 unspecified atom stereocenters. The lowest BCUT2D eigenvalue weighted by Gasteiger charge is -2.34. The van der Waals surface area contributed by atoms with Gasteiger partial charge in [0.05, 0.1) is 24.2 Å². The zero-order chi connectivity index (χ0) is 22.8. The third kappa shape index (κ3) is 3.92. The fourth-order valence-corrected chi connectivity index (χ4v) is 5.08. The second kappa shape index (κ2) is 8.81. The summed E-state index contributed by atoms with van der Waals surface area (Å²) in [6.07, 6.45) is -0.0866. The Kier molecular flexibility index (Phi) is 5.70. The maximum absolute atomic E-state index is 12.7. The number of imide groups is 1. The smallest absolute Gasteiger partial charge is 0.263 e. The second-order valence-electron chi connectivity index (χ2n) is 8.82. The molecule has 1 N–H and O–H groups in total. The monoisotopic (exact) mass is 442 g/mol. The molecule has 1 fully saturated rings. The van der Waals surface area contributed by atoms with Crippen LogP contribution in [0.3, 0.4) is 0 Å². The molecule has 6 nitrogen and oxygen atoms in total. The minimum absolute atomic E-state index is 0.351. The molecule has 0 radical (unpaired) electrons. The molecule has 3 aromatic carbocycles. The van der Waals surface area contributed by atoms with Crippen LogP contribution in [0.4, 0.5) is 11.4 Å². The van der Waals surface area contributed by atoms with Crippen molar-refractivity contribution in [3.05, 3.63) is 96.1 Å². The lowest BCUT2D eigenvalue weighted by Crippen LogP contribution is -2.50. The fourth-order valence-electron chi connectivity index (χ4n) is 5.08. The van der Waals surface area contributed by atoms with Gasteiger partial charge < -0.3 is 10.0 Å². The molecule has 0 spiro atoms. The van der Waals surface area contributed by atoms with Crippen LogP contribution in [-0.4, -0.2) is 54.4 Å². The minimum Gasteiger partial charge on any atom is -0.373 e. The summed E-state index contributed by atoms with van der Waals surface area (Å²) in [4.78, 5) is 28.8. The van der Waals surface area contributed by atoms with Gasteiger partial charge in [0.25, 0.3) is 11.8 Å². The molecule has 1 saturated heterocycles. The number of para-hydroxylation sites is 2. The van der Waals surface area contributed by atoms with Gasteiger partial charge in [0, 0.05) is 12.1 Å². The number of amides is 2. The van der Waals surface area contributed by atoms with E-state index in [9.17, 15) is 14.7 Å². The zero-order valence-corrected chi connectivity index (χ0v) is 18.5. The highest BCUT2D eigenvalue weighted by Gasteiger charge is 2.41. The molecular formula is C27H28N3O3+. The molecule has 0 bridgehead atoms. The molecule has 3 aromatic rings. The van der Waals surface area contributed by atoms with Gasteiger partial charge in [-0.25, -0.2) is 4.90 Å². The number of benzene rings is 3. The van der Waals surface area contributed by atoms with Gasteiger partial charge in [-0.15, -0.1) is 0 Å². The van der Waals surface area contributed by atoms with E-state index in [1.54, 1.807) is 24.3 Å². The Bertz CT molecular complexity index is 1120. The molecule has 168 valence electrons. The molecule has 6 heteroatoms. The van der Waals surface area contributed by atoms with Gasteiger partial charge >= 0.3 is 0 Å². The number of hydrogen-bond acceptors (Lipinski definition) is 4. The van der Waals surface area contributed by atoms with Crippen LogP contribution in [0.5, 0.6) is 0 Å². The van der Waals surface area contributed by atoms with Crippen molar-refractivity contribution in [2.75, 3.05) is 31.2 Å². The molecule has 0 saturated carbocycles. The molecule has 0 aromatic heterocycles. The van der Waals surface area contributed by atoms with Crippen molar-refractivity contribution in [2.24, 2.45) is 0 Å². The highest BCUT2D eigenvalue weighted by molar-refractivity contribution is 6.21. The van der Waals surface area contributed by atoms with Crippen LogP contribution in [0.25, 0.3) is 0 Å². The highest BCUT2D eigenvalue weighted by atomic mass is 16.3. The maximum Gasteiger partial charge on any atom is 0.263 e. The van der Waals surface area contributed by atoms with Crippen LogP contribution < -0.4 is 9.38 Å². The van der Waals surface area contributed by atoms with Crippen molar-refractivity contribution < 1.29 is 14.7 Å². The van der Waals surface area contributed by atoms with Gasteiger partial charge in [-0.3, -0.25) is 14.1 Å². The van der Waals surface area contributed by atoms with Crippen LogP contribution in [0.2, 0.25) is 0 Å². The van der Waals surface area contributed by atoms with E-state index in [-0.39, 0.29) is 0 Å². The van der Waals surface area contributed by atoms with Crippen molar-refractivity contribution in [1.82, 2.24) is 9.38 Å². The standard InChI is InChI=1S/C27H28N3O3/c31-25(29-26(32)23-14-7-8-15-24(23)27(29)33)16-9-18-30(22-12-5-2-6-13-22)19-17-28(20-30)21-10-3-1-4-11-21/h1-8,10-15,25,31H,9,16-20H2/q+1. The quantitative estimate of drug-likeness (QED) is 0.446. The predicted molar refractivity (Wildman–Crippen MR) is 129 cm³/mol. The molecule has 2 atom stereocenters.